The lowest BCUT2D eigenvalue weighted by Gasteiger charge is -2.35. The minimum atomic E-state index is -0.940. The molecule has 0 N–H and O–H groups in total. The molecule has 0 saturated carbocycles. The summed E-state index contributed by atoms with van der Waals surface area (Å²) in [6.45, 7) is 4.83. The SMILES string of the molecule is CC1(C)c2cc(N(c3ccccc3)c3ccccc3)c3c(c2-c2ccc4ccccc4c21)C(c1ccccn1)(c1ccccn1)c1cc(N(c2ccccc2)c2ccccc2)ccc1-3. The standard InChI is InChI=1S/C60H44N4/c1-59(2)51-40-52(64(44-26-11-5-12-27-44)45-28-13-6-14-29-45)56-48-36-34-46(63(42-22-7-3-8-23-42)43-24-9-4-10-25-43)39-50(48)60(53-31-17-19-37-61-53,54-32-18-20-38-62-54)58(56)55(51)49-35-33-41-21-15-16-30-47(41)57(49)59/h3-40H,1-2H3. The van der Waals surface area contributed by atoms with Gasteiger partial charge >= 0.3 is 0 Å². The highest BCUT2D eigenvalue weighted by molar-refractivity contribution is 6.07. The quantitative estimate of drug-likeness (QED) is 0.153. The zero-order valence-corrected chi connectivity index (χ0v) is 35.7. The van der Waals surface area contributed by atoms with Crippen LogP contribution in [0.2, 0.25) is 0 Å². The number of benzene rings is 8. The van der Waals surface area contributed by atoms with Gasteiger partial charge in [0.25, 0.3) is 0 Å². The molecule has 2 aliphatic carbocycles. The number of pyridine rings is 2. The van der Waals surface area contributed by atoms with E-state index in [1.165, 1.54) is 44.2 Å². The van der Waals surface area contributed by atoms with E-state index >= 15 is 0 Å². The molecule has 12 rings (SSSR count). The molecule has 0 aliphatic heterocycles. The molecule has 0 radical (unpaired) electrons. The lowest BCUT2D eigenvalue weighted by atomic mass is 9.69. The Morgan fingerprint density at radius 3 is 1.42 bits per heavy atom. The fourth-order valence-corrected chi connectivity index (χ4v) is 10.9. The summed E-state index contributed by atoms with van der Waals surface area (Å²) in [6.07, 6.45) is 3.88. The number of fused-ring (bicyclic) bond motifs is 9. The third kappa shape index (κ3) is 5.55. The van der Waals surface area contributed by atoms with Crippen molar-refractivity contribution in [2.75, 3.05) is 9.80 Å². The van der Waals surface area contributed by atoms with E-state index in [0.29, 0.717) is 0 Å². The average Bonchev–Trinajstić information content (AvgIpc) is 3.79. The fraction of sp³-hybridized carbons (Fsp3) is 0.0667. The Labute approximate surface area is 374 Å². The first-order valence-electron chi connectivity index (χ1n) is 22.1. The average molecular weight is 821 g/mol. The molecule has 2 heterocycles. The predicted molar refractivity (Wildman–Crippen MR) is 264 cm³/mol. The second-order valence-corrected chi connectivity index (χ2v) is 17.3. The number of anilines is 6. The third-order valence-corrected chi connectivity index (χ3v) is 13.5. The molecular weight excluding hydrogens is 777 g/mol. The second kappa shape index (κ2) is 14.8. The summed E-state index contributed by atoms with van der Waals surface area (Å²) in [5.41, 5.74) is 16.8. The van der Waals surface area contributed by atoms with Gasteiger partial charge < -0.3 is 9.80 Å². The van der Waals surface area contributed by atoms with Gasteiger partial charge in [-0.15, -0.1) is 0 Å². The van der Waals surface area contributed by atoms with Crippen molar-refractivity contribution >= 4 is 44.9 Å². The van der Waals surface area contributed by atoms with E-state index in [1.807, 2.05) is 24.5 Å². The summed E-state index contributed by atoms with van der Waals surface area (Å²) in [6, 6.07) is 78.8. The maximum Gasteiger partial charge on any atom is 0.106 e. The first-order chi connectivity index (χ1) is 31.5. The first-order valence-corrected chi connectivity index (χ1v) is 22.1. The summed E-state index contributed by atoms with van der Waals surface area (Å²) in [5.74, 6) is 0. The fourth-order valence-electron chi connectivity index (χ4n) is 10.9. The van der Waals surface area contributed by atoms with Crippen LogP contribution in [0.4, 0.5) is 34.1 Å². The molecule has 4 nitrogen and oxygen atoms in total. The zero-order valence-electron chi connectivity index (χ0n) is 35.7. The molecule has 2 aromatic heterocycles. The summed E-state index contributed by atoms with van der Waals surface area (Å²) in [7, 11) is 0. The molecule has 0 amide bonds. The first kappa shape index (κ1) is 37.7. The summed E-state index contributed by atoms with van der Waals surface area (Å²) in [5, 5.41) is 2.52. The Hall–Kier alpha value is -8.08. The Morgan fingerprint density at radius 2 is 0.875 bits per heavy atom. The number of rotatable bonds is 8. The van der Waals surface area contributed by atoms with E-state index in [9.17, 15) is 0 Å². The predicted octanol–water partition coefficient (Wildman–Crippen LogP) is 15.2. The molecule has 10 aromatic rings. The third-order valence-electron chi connectivity index (χ3n) is 13.5. The maximum absolute atomic E-state index is 5.39. The van der Waals surface area contributed by atoms with Gasteiger partial charge in [-0.2, -0.15) is 0 Å². The van der Waals surface area contributed by atoms with Gasteiger partial charge in [-0.1, -0.05) is 141 Å². The van der Waals surface area contributed by atoms with Gasteiger partial charge in [-0.25, -0.2) is 0 Å². The molecule has 8 aromatic carbocycles. The van der Waals surface area contributed by atoms with Gasteiger partial charge in [-0.3, -0.25) is 9.97 Å². The van der Waals surface area contributed by atoms with Crippen molar-refractivity contribution in [1.29, 1.82) is 0 Å². The smallest absolute Gasteiger partial charge is 0.106 e. The Balaban J connectivity index is 1.29. The van der Waals surface area contributed by atoms with Crippen molar-refractivity contribution in [2.45, 2.75) is 24.7 Å². The number of para-hydroxylation sites is 4. The van der Waals surface area contributed by atoms with Gasteiger partial charge in [-0.05, 0) is 141 Å². The lowest BCUT2D eigenvalue weighted by molar-refractivity contribution is 0.662. The maximum atomic E-state index is 5.39. The van der Waals surface area contributed by atoms with E-state index < -0.39 is 5.41 Å². The van der Waals surface area contributed by atoms with Crippen molar-refractivity contribution in [3.05, 3.63) is 264 Å². The van der Waals surface area contributed by atoms with Gasteiger partial charge in [0.1, 0.15) is 5.41 Å². The lowest BCUT2D eigenvalue weighted by Crippen LogP contribution is -2.32. The molecule has 4 heteroatoms. The van der Waals surface area contributed by atoms with E-state index in [2.05, 4.69) is 230 Å². The van der Waals surface area contributed by atoms with Crippen molar-refractivity contribution in [3.63, 3.8) is 0 Å². The second-order valence-electron chi connectivity index (χ2n) is 17.3. The number of aromatic nitrogens is 2. The van der Waals surface area contributed by atoms with E-state index in [4.69, 9.17) is 9.97 Å². The van der Waals surface area contributed by atoms with Crippen LogP contribution >= 0.6 is 0 Å². The molecule has 2 aliphatic rings. The van der Waals surface area contributed by atoms with E-state index in [1.54, 1.807) is 0 Å². The largest absolute Gasteiger partial charge is 0.310 e. The number of hydrogen-bond acceptors (Lipinski definition) is 4. The van der Waals surface area contributed by atoms with Crippen LogP contribution in [0.1, 0.15) is 47.5 Å². The normalized spacial score (nSPS) is 13.7. The van der Waals surface area contributed by atoms with Crippen LogP contribution in [-0.2, 0) is 10.8 Å². The van der Waals surface area contributed by atoms with Gasteiger partial charge in [0.15, 0.2) is 0 Å². The monoisotopic (exact) mass is 820 g/mol. The Kier molecular flexibility index (Phi) is 8.70. The van der Waals surface area contributed by atoms with Crippen LogP contribution in [0, 0.1) is 0 Å². The van der Waals surface area contributed by atoms with Crippen molar-refractivity contribution < 1.29 is 0 Å². The van der Waals surface area contributed by atoms with Gasteiger partial charge in [0.2, 0.25) is 0 Å². The van der Waals surface area contributed by atoms with Crippen LogP contribution in [-0.4, -0.2) is 9.97 Å². The number of hydrogen-bond donors (Lipinski definition) is 0. The van der Waals surface area contributed by atoms with Crippen molar-refractivity contribution in [2.24, 2.45) is 0 Å². The minimum Gasteiger partial charge on any atom is -0.310 e. The Morgan fingerprint density at radius 1 is 0.375 bits per heavy atom. The zero-order chi connectivity index (χ0) is 42.8. The van der Waals surface area contributed by atoms with Crippen LogP contribution < -0.4 is 9.80 Å². The molecule has 0 fully saturated rings. The highest BCUT2D eigenvalue weighted by Crippen LogP contribution is 2.66. The highest BCUT2D eigenvalue weighted by atomic mass is 15.2. The summed E-state index contributed by atoms with van der Waals surface area (Å²) < 4.78 is 0. The molecule has 0 atom stereocenters. The van der Waals surface area contributed by atoms with Gasteiger partial charge in [0, 0.05) is 51.8 Å². The van der Waals surface area contributed by atoms with E-state index in [0.717, 1.165) is 56.6 Å². The van der Waals surface area contributed by atoms with Crippen LogP contribution in [0.15, 0.2) is 231 Å². The number of nitrogens with zero attached hydrogens (tertiary/aromatic N) is 4. The van der Waals surface area contributed by atoms with Crippen molar-refractivity contribution in [1.82, 2.24) is 9.97 Å². The minimum absolute atomic E-state index is 0.369. The molecule has 0 bridgehead atoms. The molecule has 64 heavy (non-hydrogen) atoms. The molecular formula is C60H44N4. The molecule has 304 valence electrons. The molecule has 0 unspecified atom stereocenters. The Bertz CT molecular complexity index is 3220. The van der Waals surface area contributed by atoms with Crippen LogP contribution in [0.25, 0.3) is 33.0 Å². The van der Waals surface area contributed by atoms with Crippen molar-refractivity contribution in [3.8, 4) is 22.3 Å². The molecule has 0 saturated heterocycles. The summed E-state index contributed by atoms with van der Waals surface area (Å²) in [4.78, 5) is 15.6. The van der Waals surface area contributed by atoms with Gasteiger partial charge in [0.05, 0.1) is 17.1 Å². The highest BCUT2D eigenvalue weighted by Gasteiger charge is 2.54. The van der Waals surface area contributed by atoms with Crippen LogP contribution in [0.5, 0.6) is 0 Å². The summed E-state index contributed by atoms with van der Waals surface area (Å²) >= 11 is 0. The van der Waals surface area contributed by atoms with Crippen LogP contribution in [0.3, 0.4) is 0 Å². The molecule has 0 spiro atoms. The topological polar surface area (TPSA) is 32.3 Å². The van der Waals surface area contributed by atoms with E-state index in [-0.39, 0.29) is 5.41 Å².